The van der Waals surface area contributed by atoms with Gasteiger partial charge >= 0.3 is 0 Å². The highest BCUT2D eigenvalue weighted by Gasteiger charge is 2.19. The second-order valence-corrected chi connectivity index (χ2v) is 5.83. The number of aliphatic hydroxyl groups excluding tert-OH is 1. The number of H-pyrrole nitrogens is 1. The summed E-state index contributed by atoms with van der Waals surface area (Å²) in [6.07, 6.45) is 0.577. The number of hydrogen-bond acceptors (Lipinski definition) is 4. The lowest BCUT2D eigenvalue weighted by Crippen LogP contribution is -2.36. The van der Waals surface area contributed by atoms with E-state index in [1.165, 1.54) is 5.69 Å². The van der Waals surface area contributed by atoms with Crippen LogP contribution in [0.4, 0.5) is 5.69 Å². The highest BCUT2D eigenvalue weighted by atomic mass is 16.5. The van der Waals surface area contributed by atoms with E-state index in [1.54, 1.807) is 0 Å². The minimum absolute atomic E-state index is 0.0260. The first-order valence-corrected chi connectivity index (χ1v) is 7.64. The van der Waals surface area contributed by atoms with Crippen molar-refractivity contribution < 1.29 is 9.84 Å². The van der Waals surface area contributed by atoms with Crippen molar-refractivity contribution in [2.45, 2.75) is 19.4 Å². The fraction of sp³-hybridized carbons (Fsp3) is 0.412. The Hall–Kier alpha value is -1.98. The number of rotatable bonds is 4. The summed E-state index contributed by atoms with van der Waals surface area (Å²) >= 11 is 0. The number of anilines is 1. The molecule has 1 aromatic heterocycles. The van der Waals surface area contributed by atoms with Crippen LogP contribution in [0.5, 0.6) is 0 Å². The van der Waals surface area contributed by atoms with Crippen molar-refractivity contribution in [3.63, 3.8) is 0 Å². The van der Waals surface area contributed by atoms with Crippen molar-refractivity contribution in [2.75, 3.05) is 31.2 Å². The second kappa shape index (κ2) is 6.02. The molecule has 0 aliphatic carbocycles. The van der Waals surface area contributed by atoms with Gasteiger partial charge < -0.3 is 25.5 Å². The second-order valence-electron chi connectivity index (χ2n) is 5.83. The molecule has 2 heterocycles. The number of para-hydroxylation sites is 1. The van der Waals surface area contributed by atoms with Crippen LogP contribution in [-0.2, 0) is 11.2 Å². The molecule has 1 aliphatic heterocycles. The Morgan fingerprint density at radius 3 is 2.86 bits per heavy atom. The molecule has 0 amide bonds. The van der Waals surface area contributed by atoms with Gasteiger partial charge in [-0.05, 0) is 25.0 Å². The highest BCUT2D eigenvalue weighted by molar-refractivity contribution is 5.95. The largest absolute Gasteiger partial charge is 0.511 e. The highest BCUT2D eigenvalue weighted by Crippen LogP contribution is 2.31. The van der Waals surface area contributed by atoms with Gasteiger partial charge in [-0.25, -0.2) is 0 Å². The molecule has 1 unspecified atom stereocenters. The van der Waals surface area contributed by atoms with Gasteiger partial charge in [-0.1, -0.05) is 18.7 Å². The number of morpholine rings is 1. The van der Waals surface area contributed by atoms with Crippen LogP contribution in [0.2, 0.25) is 0 Å². The first-order valence-electron chi connectivity index (χ1n) is 7.64. The normalized spacial score (nSPS) is 16.9. The molecule has 1 saturated heterocycles. The summed E-state index contributed by atoms with van der Waals surface area (Å²) in [6, 6.07) is 5.87. The van der Waals surface area contributed by atoms with E-state index in [2.05, 4.69) is 34.7 Å². The maximum absolute atomic E-state index is 9.49. The van der Waals surface area contributed by atoms with Crippen LogP contribution in [-0.4, -0.2) is 42.4 Å². The van der Waals surface area contributed by atoms with Crippen LogP contribution >= 0.6 is 0 Å². The van der Waals surface area contributed by atoms with Crippen molar-refractivity contribution in [3.05, 3.63) is 41.8 Å². The summed E-state index contributed by atoms with van der Waals surface area (Å²) in [5.41, 5.74) is 10.5. The Morgan fingerprint density at radius 1 is 1.45 bits per heavy atom. The third-order valence-electron chi connectivity index (χ3n) is 4.34. The Balaban J connectivity index is 2.01. The number of fused-ring (bicyclic) bond motifs is 1. The van der Waals surface area contributed by atoms with Gasteiger partial charge in [-0.2, -0.15) is 0 Å². The van der Waals surface area contributed by atoms with Gasteiger partial charge in [0, 0.05) is 24.2 Å². The standard InChI is InChI=1S/C17H23N3O2/c1-11-14(10-15(18)12(2)21)13-4-3-5-16(17(13)19-11)20-6-8-22-9-7-20/h3-5,15,19,21H,2,6-10,18H2,1H3. The Kier molecular flexibility index (Phi) is 4.09. The van der Waals surface area contributed by atoms with Gasteiger partial charge in [0.15, 0.2) is 0 Å². The zero-order valence-electron chi connectivity index (χ0n) is 12.9. The molecule has 3 rings (SSSR count). The number of nitrogens with one attached hydrogen (secondary N) is 1. The number of hydrogen-bond donors (Lipinski definition) is 3. The maximum Gasteiger partial charge on any atom is 0.102 e. The molecule has 1 aromatic carbocycles. The van der Waals surface area contributed by atoms with Crippen molar-refractivity contribution >= 4 is 16.6 Å². The number of benzene rings is 1. The fourth-order valence-electron chi connectivity index (χ4n) is 3.06. The first kappa shape index (κ1) is 14.9. The Labute approximate surface area is 130 Å². The molecule has 0 radical (unpaired) electrons. The van der Waals surface area contributed by atoms with Crippen LogP contribution in [0.25, 0.3) is 10.9 Å². The van der Waals surface area contributed by atoms with E-state index in [0.717, 1.165) is 48.5 Å². The number of aromatic nitrogens is 1. The third kappa shape index (κ3) is 2.69. The van der Waals surface area contributed by atoms with Crippen molar-refractivity contribution in [2.24, 2.45) is 5.73 Å². The predicted molar refractivity (Wildman–Crippen MR) is 89.5 cm³/mol. The van der Waals surface area contributed by atoms with Gasteiger partial charge in [0.05, 0.1) is 30.5 Å². The molecular weight excluding hydrogens is 278 g/mol. The van der Waals surface area contributed by atoms with Crippen LogP contribution < -0.4 is 10.6 Å². The summed E-state index contributed by atoms with van der Waals surface area (Å²) in [7, 11) is 0. The van der Waals surface area contributed by atoms with E-state index in [1.807, 2.05) is 6.92 Å². The fourth-order valence-corrected chi connectivity index (χ4v) is 3.06. The zero-order valence-corrected chi connectivity index (χ0v) is 12.9. The van der Waals surface area contributed by atoms with Crippen LogP contribution in [0.15, 0.2) is 30.5 Å². The Morgan fingerprint density at radius 2 is 2.18 bits per heavy atom. The van der Waals surface area contributed by atoms with Crippen LogP contribution in [0.1, 0.15) is 11.3 Å². The summed E-state index contributed by atoms with van der Waals surface area (Å²) in [4.78, 5) is 5.83. The molecule has 2 aromatic rings. The predicted octanol–water partition coefficient (Wildman–Crippen LogP) is 2.25. The molecule has 5 heteroatoms. The molecule has 5 nitrogen and oxygen atoms in total. The topological polar surface area (TPSA) is 74.5 Å². The smallest absolute Gasteiger partial charge is 0.102 e. The molecule has 118 valence electrons. The molecule has 22 heavy (non-hydrogen) atoms. The lowest BCUT2D eigenvalue weighted by Gasteiger charge is -2.29. The van der Waals surface area contributed by atoms with E-state index in [0.29, 0.717) is 6.42 Å². The average Bonchev–Trinajstić information content (AvgIpc) is 2.84. The summed E-state index contributed by atoms with van der Waals surface area (Å²) in [6.45, 7) is 8.91. The van der Waals surface area contributed by atoms with Crippen molar-refractivity contribution in [3.8, 4) is 0 Å². The lowest BCUT2D eigenvalue weighted by atomic mass is 10.0. The van der Waals surface area contributed by atoms with Crippen LogP contribution in [0, 0.1) is 6.92 Å². The van der Waals surface area contributed by atoms with Gasteiger partial charge in [0.25, 0.3) is 0 Å². The molecule has 0 saturated carbocycles. The molecule has 0 spiro atoms. The number of aromatic amines is 1. The average molecular weight is 301 g/mol. The molecule has 1 aliphatic rings. The molecule has 1 fully saturated rings. The SMILES string of the molecule is C=C(O)C(N)Cc1c(C)[nH]c2c(N3CCOCC3)cccc12. The number of nitrogens with zero attached hydrogens (tertiary/aromatic N) is 1. The van der Waals surface area contributed by atoms with E-state index < -0.39 is 6.04 Å². The number of nitrogens with two attached hydrogens (primary N) is 1. The minimum atomic E-state index is -0.440. The van der Waals surface area contributed by atoms with E-state index in [-0.39, 0.29) is 5.76 Å². The number of aliphatic hydroxyl groups is 1. The molecule has 4 N–H and O–H groups in total. The third-order valence-corrected chi connectivity index (χ3v) is 4.34. The van der Waals surface area contributed by atoms with E-state index in [4.69, 9.17) is 10.5 Å². The minimum Gasteiger partial charge on any atom is -0.511 e. The first-order chi connectivity index (χ1) is 10.6. The monoisotopic (exact) mass is 301 g/mol. The summed E-state index contributed by atoms with van der Waals surface area (Å²) < 4.78 is 5.44. The quantitative estimate of drug-likeness (QED) is 0.757. The van der Waals surface area contributed by atoms with E-state index >= 15 is 0 Å². The lowest BCUT2D eigenvalue weighted by molar-refractivity contribution is 0.123. The van der Waals surface area contributed by atoms with Gasteiger partial charge in [0.2, 0.25) is 0 Å². The van der Waals surface area contributed by atoms with Gasteiger partial charge in [-0.3, -0.25) is 0 Å². The van der Waals surface area contributed by atoms with Crippen LogP contribution in [0.3, 0.4) is 0 Å². The summed E-state index contributed by atoms with van der Waals surface area (Å²) in [5.74, 6) is 0.0260. The number of aryl methyl sites for hydroxylation is 1. The van der Waals surface area contributed by atoms with Gasteiger partial charge in [-0.15, -0.1) is 0 Å². The number of ether oxygens (including phenoxy) is 1. The zero-order chi connectivity index (χ0) is 15.7. The molecular formula is C17H23N3O2. The molecule has 1 atom stereocenters. The van der Waals surface area contributed by atoms with E-state index in [9.17, 15) is 5.11 Å². The van der Waals surface area contributed by atoms with Crippen molar-refractivity contribution in [1.82, 2.24) is 4.98 Å². The molecule has 0 bridgehead atoms. The van der Waals surface area contributed by atoms with Gasteiger partial charge in [0.1, 0.15) is 5.76 Å². The Bertz CT molecular complexity index is 687. The maximum atomic E-state index is 9.49. The summed E-state index contributed by atoms with van der Waals surface area (Å²) in [5, 5.41) is 10.7. The van der Waals surface area contributed by atoms with Crippen molar-refractivity contribution in [1.29, 1.82) is 0 Å².